The highest BCUT2D eigenvalue weighted by Gasteiger charge is 1.63. The van der Waals surface area contributed by atoms with Crippen LogP contribution in [0.5, 0.6) is 0 Å². The smallest absolute Gasteiger partial charge is 0.299 e. The van der Waals surface area contributed by atoms with Gasteiger partial charge in [0.15, 0.2) is 0 Å². The summed E-state index contributed by atoms with van der Waals surface area (Å²) < 4.78 is 45.7. The summed E-state index contributed by atoms with van der Waals surface area (Å²) in [6, 6.07) is 0. The second kappa shape index (κ2) is 22.5. The molecule has 0 amide bonds. The molecular weight excluding hydrogens is 204 g/mol. The zero-order valence-corrected chi connectivity index (χ0v) is 6.97. The Kier molecular flexibility index (Phi) is 62.4. The standard InChI is InChI=1S/2H3N.2H2O3S.H2O/c;;2*1-4(2)3;/h2*1H3;2*(H2,1,2,3);1H2. The van der Waals surface area contributed by atoms with Crippen molar-refractivity contribution in [3.8, 4) is 0 Å². The molecule has 0 saturated heterocycles. The van der Waals surface area contributed by atoms with Gasteiger partial charge >= 0.3 is 0 Å². The fourth-order valence-corrected chi connectivity index (χ4v) is 0. The van der Waals surface area contributed by atoms with Gasteiger partial charge in [-0.2, -0.15) is 8.42 Å². The molecule has 0 fully saturated rings. The molecule has 0 heterocycles. The van der Waals surface area contributed by atoms with E-state index in [1.54, 1.807) is 0 Å². The Morgan fingerprint density at radius 2 is 0.727 bits per heavy atom. The first-order valence-electron chi connectivity index (χ1n) is 1.06. The lowest BCUT2D eigenvalue weighted by atomic mass is 14.0. The van der Waals surface area contributed by atoms with Crippen LogP contribution < -0.4 is 12.3 Å². The molecule has 0 spiro atoms. The Hall–Kier alpha value is 0.0200. The molecular formula is H12N2O7S2. The van der Waals surface area contributed by atoms with Gasteiger partial charge in [-0.15, -0.1) is 0 Å². The maximum atomic E-state index is 8.67. The zero-order valence-electron chi connectivity index (χ0n) is 5.34. The average molecular weight is 216 g/mol. The largest absolute Gasteiger partial charge is 0.412 e. The minimum Gasteiger partial charge on any atom is -0.412 e. The molecule has 76 valence electrons. The third-order valence-electron chi connectivity index (χ3n) is 0. The van der Waals surface area contributed by atoms with Crippen molar-refractivity contribution in [2.24, 2.45) is 0 Å². The minimum atomic E-state index is -2.61. The molecule has 0 aliphatic rings. The molecule has 0 unspecified atom stereocenters. The lowest BCUT2D eigenvalue weighted by Crippen LogP contribution is -1.74. The number of rotatable bonds is 0. The van der Waals surface area contributed by atoms with Gasteiger partial charge in [-0.3, -0.25) is 18.2 Å². The molecule has 0 bridgehead atoms. The number of hydrogen-bond acceptors (Lipinski definition) is 4. The first kappa shape index (κ1) is 30.5. The lowest BCUT2D eigenvalue weighted by molar-refractivity contribution is 0.452. The summed E-state index contributed by atoms with van der Waals surface area (Å²) >= 11 is -5.22. The Labute approximate surface area is 67.9 Å². The molecule has 9 nitrogen and oxygen atoms in total. The van der Waals surface area contributed by atoms with Crippen LogP contribution in [0.3, 0.4) is 0 Å². The predicted octanol–water partition coefficient (Wildman–Crippen LogP) is -1.14. The normalized spacial score (nSPS) is 6.36. The fourth-order valence-electron chi connectivity index (χ4n) is 0. The quantitative estimate of drug-likeness (QED) is 0.271. The van der Waals surface area contributed by atoms with Gasteiger partial charge in [0.1, 0.15) is 0 Å². The van der Waals surface area contributed by atoms with Crippen LogP contribution >= 0.6 is 0 Å². The van der Waals surface area contributed by atoms with Crippen LogP contribution in [-0.2, 0) is 22.7 Å². The molecule has 0 atom stereocenters. The third-order valence-corrected chi connectivity index (χ3v) is 0. The van der Waals surface area contributed by atoms with E-state index in [1.807, 2.05) is 0 Å². The van der Waals surface area contributed by atoms with E-state index in [1.165, 1.54) is 0 Å². The summed E-state index contributed by atoms with van der Waals surface area (Å²) in [6.07, 6.45) is 0. The molecule has 0 aliphatic carbocycles. The molecule has 0 rings (SSSR count). The maximum absolute atomic E-state index is 8.67. The fraction of sp³-hybridized carbons (Fsp3) is 0. The van der Waals surface area contributed by atoms with E-state index in [0.717, 1.165) is 0 Å². The van der Waals surface area contributed by atoms with Gasteiger partial charge in [0.2, 0.25) is 0 Å². The van der Waals surface area contributed by atoms with Crippen molar-refractivity contribution in [3.05, 3.63) is 0 Å². The van der Waals surface area contributed by atoms with Crippen LogP contribution in [-0.4, -0.2) is 32.1 Å². The van der Waals surface area contributed by atoms with Gasteiger partial charge in [-0.25, -0.2) is 0 Å². The second-order valence-corrected chi connectivity index (χ2v) is 1.38. The number of hydrogen-bond donors (Lipinski definition) is 6. The Morgan fingerprint density at radius 3 is 0.727 bits per heavy atom. The molecule has 0 aromatic heterocycles. The van der Waals surface area contributed by atoms with Crippen LogP contribution in [0.2, 0.25) is 0 Å². The van der Waals surface area contributed by atoms with E-state index in [4.69, 9.17) is 26.6 Å². The van der Waals surface area contributed by atoms with E-state index >= 15 is 0 Å². The van der Waals surface area contributed by atoms with Gasteiger partial charge in [-0.05, 0) is 0 Å². The zero-order chi connectivity index (χ0) is 7.15. The van der Waals surface area contributed by atoms with Crippen LogP contribution in [0.15, 0.2) is 0 Å². The second-order valence-electron chi connectivity index (χ2n) is 0.461. The molecule has 11 heavy (non-hydrogen) atoms. The topological polar surface area (TPSA) is 217 Å². The minimum absolute atomic E-state index is 0. The van der Waals surface area contributed by atoms with E-state index in [9.17, 15) is 0 Å². The van der Waals surface area contributed by atoms with Crippen molar-refractivity contribution < 1.29 is 32.1 Å². The van der Waals surface area contributed by atoms with E-state index in [-0.39, 0.29) is 17.8 Å². The van der Waals surface area contributed by atoms with Gasteiger partial charge in [0.05, 0.1) is 0 Å². The summed E-state index contributed by atoms with van der Waals surface area (Å²) in [5.74, 6) is 0. The van der Waals surface area contributed by atoms with Crippen LogP contribution in [0, 0.1) is 0 Å². The van der Waals surface area contributed by atoms with Crippen molar-refractivity contribution in [1.82, 2.24) is 12.3 Å². The highest BCUT2D eigenvalue weighted by atomic mass is 32.2. The molecule has 0 radical (unpaired) electrons. The van der Waals surface area contributed by atoms with Crippen LogP contribution in [0.4, 0.5) is 0 Å². The van der Waals surface area contributed by atoms with Gasteiger partial charge in [0, 0.05) is 0 Å². The van der Waals surface area contributed by atoms with Gasteiger partial charge in [-0.1, -0.05) is 0 Å². The monoisotopic (exact) mass is 216 g/mol. The summed E-state index contributed by atoms with van der Waals surface area (Å²) in [6.45, 7) is 0. The average Bonchev–Trinajstić information content (AvgIpc) is 1.25. The van der Waals surface area contributed by atoms with E-state index < -0.39 is 22.7 Å². The van der Waals surface area contributed by atoms with Crippen molar-refractivity contribution in [2.45, 2.75) is 0 Å². The third kappa shape index (κ3) is 1610000. The van der Waals surface area contributed by atoms with Crippen molar-refractivity contribution >= 4 is 22.7 Å². The van der Waals surface area contributed by atoms with E-state index in [0.29, 0.717) is 0 Å². The van der Waals surface area contributed by atoms with Crippen LogP contribution in [0.1, 0.15) is 0 Å². The molecule has 0 aromatic rings. The molecule has 0 aliphatic heterocycles. The van der Waals surface area contributed by atoms with Crippen molar-refractivity contribution in [3.63, 3.8) is 0 Å². The summed E-state index contributed by atoms with van der Waals surface area (Å²) in [5, 5.41) is 0. The first-order valence-corrected chi connectivity index (χ1v) is 3.19. The van der Waals surface area contributed by atoms with Crippen molar-refractivity contribution in [1.29, 1.82) is 0 Å². The lowest BCUT2D eigenvalue weighted by Gasteiger charge is -1.59. The van der Waals surface area contributed by atoms with Gasteiger partial charge < -0.3 is 17.8 Å². The van der Waals surface area contributed by atoms with Crippen LogP contribution in [0.25, 0.3) is 0 Å². The van der Waals surface area contributed by atoms with Crippen molar-refractivity contribution in [2.75, 3.05) is 0 Å². The highest BCUT2D eigenvalue weighted by molar-refractivity contribution is 7.73. The maximum Gasteiger partial charge on any atom is 0.299 e. The summed E-state index contributed by atoms with van der Waals surface area (Å²) in [5.41, 5.74) is 0. The van der Waals surface area contributed by atoms with E-state index in [2.05, 4.69) is 0 Å². The predicted molar refractivity (Wildman–Crippen MR) is 40.5 cm³/mol. The van der Waals surface area contributed by atoms with Gasteiger partial charge in [0.25, 0.3) is 22.7 Å². The Morgan fingerprint density at radius 1 is 0.727 bits per heavy atom. The Bertz CT molecular complexity index is 72.4. The first-order chi connectivity index (χ1) is 3.46. The SMILES string of the molecule is N.N.O.O=S(O)O.O=S(O)O. The summed E-state index contributed by atoms with van der Waals surface area (Å²) in [4.78, 5) is 0. The molecule has 12 N–H and O–H groups in total. The molecule has 11 heteroatoms. The highest BCUT2D eigenvalue weighted by Crippen LogP contribution is 1.44. The molecule has 0 aromatic carbocycles. The Balaban J connectivity index is -0.0000000171. The summed E-state index contributed by atoms with van der Waals surface area (Å²) in [7, 11) is 0. The molecule has 0 saturated carbocycles.